The number of nitro benzene ring substituents is 1. The maximum absolute atomic E-state index is 12.8. The molecule has 1 aromatic heterocycles. The van der Waals surface area contributed by atoms with Gasteiger partial charge in [-0.05, 0) is 25.7 Å². The van der Waals surface area contributed by atoms with Crippen molar-refractivity contribution in [2.24, 2.45) is 0 Å². The fraction of sp³-hybridized carbons (Fsp3) is 0.550. The van der Waals surface area contributed by atoms with E-state index in [0.29, 0.717) is 24.1 Å². The summed E-state index contributed by atoms with van der Waals surface area (Å²) in [5, 5.41) is 23.5. The summed E-state index contributed by atoms with van der Waals surface area (Å²) in [7, 11) is 0. The number of nitrogens with one attached hydrogen (secondary N) is 1. The third-order valence-corrected chi connectivity index (χ3v) is 5.42. The van der Waals surface area contributed by atoms with Gasteiger partial charge >= 0.3 is 0 Å². The van der Waals surface area contributed by atoms with Crippen molar-refractivity contribution < 1.29 is 19.2 Å². The van der Waals surface area contributed by atoms with Gasteiger partial charge in [0, 0.05) is 12.0 Å². The van der Waals surface area contributed by atoms with Gasteiger partial charge in [-0.3, -0.25) is 20.2 Å². The lowest BCUT2D eigenvalue weighted by molar-refractivity contribution is -0.385. The quantitative estimate of drug-likeness (QED) is 0.360. The van der Waals surface area contributed by atoms with Crippen molar-refractivity contribution in [3.8, 4) is 11.5 Å². The van der Waals surface area contributed by atoms with Crippen molar-refractivity contribution in [2.75, 3.05) is 18.5 Å². The predicted molar refractivity (Wildman–Crippen MR) is 116 cm³/mol. The number of rotatable bonds is 12. The van der Waals surface area contributed by atoms with Crippen LogP contribution in [0.2, 0.25) is 0 Å². The Morgan fingerprint density at radius 2 is 1.70 bits per heavy atom. The van der Waals surface area contributed by atoms with Crippen molar-refractivity contribution in [3.63, 3.8) is 0 Å². The smallest absolute Gasteiger partial charge is 0.286 e. The molecule has 10 heteroatoms. The molecule has 0 aliphatic carbocycles. The normalized spacial score (nSPS) is 10.8. The van der Waals surface area contributed by atoms with Gasteiger partial charge in [-0.25, -0.2) is 0 Å². The van der Waals surface area contributed by atoms with E-state index < -0.39 is 10.8 Å². The van der Waals surface area contributed by atoms with Gasteiger partial charge in [0.15, 0.2) is 11.5 Å². The number of aromatic nitrogens is 2. The Morgan fingerprint density at radius 1 is 1.10 bits per heavy atom. The number of amides is 1. The van der Waals surface area contributed by atoms with Gasteiger partial charge in [0.2, 0.25) is 5.13 Å². The fourth-order valence-corrected chi connectivity index (χ4v) is 3.79. The van der Waals surface area contributed by atoms with E-state index in [-0.39, 0.29) is 22.9 Å². The molecule has 0 saturated heterocycles. The summed E-state index contributed by atoms with van der Waals surface area (Å²) in [5.74, 6) is 0.181. The molecule has 0 aliphatic heterocycles. The number of benzene rings is 1. The molecule has 0 bridgehead atoms. The van der Waals surface area contributed by atoms with Crippen molar-refractivity contribution in [2.45, 2.75) is 59.3 Å². The topological polar surface area (TPSA) is 116 Å². The van der Waals surface area contributed by atoms with E-state index in [1.54, 1.807) is 0 Å². The second-order valence-electron chi connectivity index (χ2n) is 6.68. The number of hydrogen-bond acceptors (Lipinski definition) is 8. The van der Waals surface area contributed by atoms with Gasteiger partial charge in [0.1, 0.15) is 10.6 Å². The minimum atomic E-state index is -0.641. The van der Waals surface area contributed by atoms with E-state index in [1.807, 2.05) is 13.8 Å². The standard InChI is InChI=1S/C20H28N4O5S/c1-5-9-28-16-11-14(15(24(26)27)12-17(16)29-10-6-2)18(25)21-20-23-22-19(30-20)13(7-3)8-4/h11-13H,5-10H2,1-4H3,(H,21,23,25). The highest BCUT2D eigenvalue weighted by atomic mass is 32.1. The van der Waals surface area contributed by atoms with Gasteiger partial charge in [0.05, 0.1) is 24.2 Å². The van der Waals surface area contributed by atoms with E-state index in [0.717, 1.165) is 30.7 Å². The van der Waals surface area contributed by atoms with Crippen LogP contribution in [0.1, 0.15) is 74.7 Å². The summed E-state index contributed by atoms with van der Waals surface area (Å²) in [6.45, 7) is 8.79. The van der Waals surface area contributed by atoms with E-state index in [9.17, 15) is 14.9 Å². The minimum Gasteiger partial charge on any atom is -0.490 e. The average molecular weight is 437 g/mol. The lowest BCUT2D eigenvalue weighted by Gasteiger charge is -2.13. The molecule has 2 aromatic rings. The van der Waals surface area contributed by atoms with Crippen LogP contribution >= 0.6 is 11.3 Å². The molecule has 0 saturated carbocycles. The molecule has 0 atom stereocenters. The van der Waals surface area contributed by atoms with Crippen LogP contribution in [0, 0.1) is 10.1 Å². The third kappa shape index (κ3) is 5.88. The first-order chi connectivity index (χ1) is 14.4. The van der Waals surface area contributed by atoms with Gasteiger partial charge in [-0.2, -0.15) is 0 Å². The summed E-state index contributed by atoms with van der Waals surface area (Å²) < 4.78 is 11.3. The van der Waals surface area contributed by atoms with Crippen LogP contribution in [0.3, 0.4) is 0 Å². The number of carbonyl (C=O) groups is 1. The number of carbonyl (C=O) groups excluding carboxylic acids is 1. The molecule has 164 valence electrons. The van der Waals surface area contributed by atoms with Crippen LogP contribution in [0.4, 0.5) is 10.8 Å². The molecule has 0 unspecified atom stereocenters. The van der Waals surface area contributed by atoms with Crippen LogP contribution in [0.15, 0.2) is 12.1 Å². The highest BCUT2D eigenvalue weighted by molar-refractivity contribution is 7.15. The molecule has 9 nitrogen and oxygen atoms in total. The highest BCUT2D eigenvalue weighted by Crippen LogP contribution is 2.36. The number of hydrogen-bond donors (Lipinski definition) is 1. The molecule has 1 heterocycles. The van der Waals surface area contributed by atoms with Gasteiger partial charge in [-0.15, -0.1) is 10.2 Å². The van der Waals surface area contributed by atoms with Gasteiger partial charge < -0.3 is 9.47 Å². The third-order valence-electron chi connectivity index (χ3n) is 4.42. The summed E-state index contributed by atoms with van der Waals surface area (Å²) in [6.07, 6.45) is 3.32. The first kappa shape index (κ1) is 23.5. The lowest BCUT2D eigenvalue weighted by atomic mass is 10.1. The zero-order chi connectivity index (χ0) is 22.1. The Balaban J connectivity index is 2.35. The van der Waals surface area contributed by atoms with E-state index in [1.165, 1.54) is 23.5 Å². The molecule has 0 spiro atoms. The molecular weight excluding hydrogens is 408 g/mol. The largest absolute Gasteiger partial charge is 0.490 e. The molecule has 0 aliphatic rings. The van der Waals surface area contributed by atoms with E-state index in [2.05, 4.69) is 29.4 Å². The van der Waals surface area contributed by atoms with Gasteiger partial charge in [-0.1, -0.05) is 39.0 Å². The van der Waals surface area contributed by atoms with E-state index in [4.69, 9.17) is 9.47 Å². The summed E-state index contributed by atoms with van der Waals surface area (Å²) >= 11 is 1.28. The van der Waals surface area contributed by atoms with Crippen molar-refractivity contribution in [1.82, 2.24) is 10.2 Å². The van der Waals surface area contributed by atoms with Crippen LogP contribution in [-0.2, 0) is 0 Å². The summed E-state index contributed by atoms with van der Waals surface area (Å²) in [5.41, 5.74) is -0.471. The number of ether oxygens (including phenoxy) is 2. The molecule has 0 fully saturated rings. The zero-order valence-corrected chi connectivity index (χ0v) is 18.6. The maximum atomic E-state index is 12.8. The van der Waals surface area contributed by atoms with Crippen LogP contribution in [-0.4, -0.2) is 34.2 Å². The van der Waals surface area contributed by atoms with Crippen LogP contribution in [0.25, 0.3) is 0 Å². The average Bonchev–Trinajstić information content (AvgIpc) is 3.19. The fourth-order valence-electron chi connectivity index (χ4n) is 2.78. The van der Waals surface area contributed by atoms with E-state index >= 15 is 0 Å². The molecule has 1 aromatic carbocycles. The number of anilines is 1. The molecular formula is C20H28N4O5S. The first-order valence-electron chi connectivity index (χ1n) is 10.2. The van der Waals surface area contributed by atoms with Crippen LogP contribution < -0.4 is 14.8 Å². The Hall–Kier alpha value is -2.75. The molecule has 1 amide bonds. The monoisotopic (exact) mass is 436 g/mol. The lowest BCUT2D eigenvalue weighted by Crippen LogP contribution is -2.15. The van der Waals surface area contributed by atoms with Crippen molar-refractivity contribution in [3.05, 3.63) is 32.8 Å². The summed E-state index contributed by atoms with van der Waals surface area (Å²) in [6, 6.07) is 2.60. The second kappa shape index (κ2) is 11.4. The Labute approximate surface area is 180 Å². The number of nitrogens with zero attached hydrogens (tertiary/aromatic N) is 3. The minimum absolute atomic E-state index is 0.116. The maximum Gasteiger partial charge on any atom is 0.286 e. The Morgan fingerprint density at radius 3 is 2.23 bits per heavy atom. The van der Waals surface area contributed by atoms with Crippen molar-refractivity contribution >= 4 is 28.1 Å². The Bertz CT molecular complexity index is 867. The Kier molecular flexibility index (Phi) is 8.97. The van der Waals surface area contributed by atoms with Crippen molar-refractivity contribution in [1.29, 1.82) is 0 Å². The molecule has 1 N–H and O–H groups in total. The van der Waals surface area contributed by atoms with Gasteiger partial charge in [0.25, 0.3) is 11.6 Å². The molecule has 30 heavy (non-hydrogen) atoms. The van der Waals surface area contributed by atoms with Crippen LogP contribution in [0.5, 0.6) is 11.5 Å². The zero-order valence-electron chi connectivity index (χ0n) is 17.8. The second-order valence-corrected chi connectivity index (χ2v) is 7.69. The predicted octanol–water partition coefficient (Wildman–Crippen LogP) is 5.18. The SMILES string of the molecule is CCCOc1cc(C(=O)Nc2nnc(C(CC)CC)s2)c([N+](=O)[O-])cc1OCCC. The summed E-state index contributed by atoms with van der Waals surface area (Å²) in [4.78, 5) is 23.8. The molecule has 2 rings (SSSR count). The first-order valence-corrected chi connectivity index (χ1v) is 11.0. The molecule has 0 radical (unpaired) electrons. The highest BCUT2D eigenvalue weighted by Gasteiger charge is 2.26. The number of nitro groups is 1.